The van der Waals surface area contributed by atoms with Gasteiger partial charge >= 0.3 is 0 Å². The number of pyridine rings is 1. The van der Waals surface area contributed by atoms with Crippen LogP contribution in [0.15, 0.2) is 18.3 Å². The second kappa shape index (κ2) is 5.65. The summed E-state index contributed by atoms with van der Waals surface area (Å²) in [5.74, 6) is 0.868. The number of nitrogens with zero attached hydrogens (tertiary/aromatic N) is 3. The number of hydrogen-bond acceptors (Lipinski definition) is 4. The van der Waals surface area contributed by atoms with Crippen molar-refractivity contribution in [2.75, 3.05) is 25.0 Å². The van der Waals surface area contributed by atoms with Gasteiger partial charge in [-0.15, -0.1) is 0 Å². The number of nitriles is 1. The van der Waals surface area contributed by atoms with Crippen LogP contribution < -0.4 is 5.32 Å². The Morgan fingerprint density at radius 2 is 2.47 bits per heavy atom. The van der Waals surface area contributed by atoms with Crippen molar-refractivity contribution in [1.29, 1.82) is 5.26 Å². The maximum absolute atomic E-state index is 8.70. The van der Waals surface area contributed by atoms with Gasteiger partial charge in [-0.05, 0) is 38.1 Å². The zero-order valence-corrected chi connectivity index (χ0v) is 10.2. The fourth-order valence-electron chi connectivity index (χ4n) is 2.22. The Hall–Kier alpha value is -1.60. The van der Waals surface area contributed by atoms with Crippen LogP contribution in [-0.2, 0) is 0 Å². The van der Waals surface area contributed by atoms with Gasteiger partial charge in [0.25, 0.3) is 0 Å². The smallest absolute Gasteiger partial charge is 0.126 e. The molecule has 1 atom stereocenters. The first kappa shape index (κ1) is 11.9. The Morgan fingerprint density at radius 1 is 1.59 bits per heavy atom. The molecule has 0 radical (unpaired) electrons. The zero-order valence-electron chi connectivity index (χ0n) is 10.2. The number of likely N-dealkylation sites (N-methyl/N-ethyl adjacent to an activating group) is 1. The molecule has 4 nitrogen and oxygen atoms in total. The predicted octanol–water partition coefficient (Wildman–Crippen LogP) is 1.85. The Morgan fingerprint density at radius 3 is 3.12 bits per heavy atom. The number of rotatable bonds is 3. The van der Waals surface area contributed by atoms with E-state index in [1.165, 1.54) is 19.4 Å². The number of aromatic nitrogens is 1. The summed E-state index contributed by atoms with van der Waals surface area (Å²) in [6, 6.07) is 6.23. The Balaban J connectivity index is 1.93. The minimum atomic E-state index is 0.476. The Kier molecular flexibility index (Phi) is 3.94. The van der Waals surface area contributed by atoms with Crippen LogP contribution in [-0.4, -0.2) is 35.6 Å². The largest absolute Gasteiger partial charge is 0.366 e. The number of likely N-dealkylation sites (tertiary alicyclic amines) is 1. The van der Waals surface area contributed by atoms with Crippen LogP contribution in [0.2, 0.25) is 0 Å². The molecule has 90 valence electrons. The van der Waals surface area contributed by atoms with Crippen LogP contribution in [0, 0.1) is 11.3 Å². The average molecular weight is 230 g/mol. The third kappa shape index (κ3) is 3.18. The van der Waals surface area contributed by atoms with Gasteiger partial charge in [0.05, 0.1) is 5.56 Å². The third-order valence-electron chi connectivity index (χ3n) is 3.20. The first-order valence-corrected chi connectivity index (χ1v) is 6.17. The maximum atomic E-state index is 8.70. The minimum Gasteiger partial charge on any atom is -0.366 e. The van der Waals surface area contributed by atoms with Gasteiger partial charge in [0.1, 0.15) is 11.9 Å². The summed E-state index contributed by atoms with van der Waals surface area (Å²) < 4.78 is 0. The van der Waals surface area contributed by atoms with Crippen molar-refractivity contribution in [2.24, 2.45) is 0 Å². The molecule has 1 aliphatic rings. The van der Waals surface area contributed by atoms with Crippen molar-refractivity contribution in [3.8, 4) is 6.07 Å². The fraction of sp³-hybridized carbons (Fsp3) is 0.538. The molecule has 2 heterocycles. The first-order valence-electron chi connectivity index (χ1n) is 6.17. The molecule has 1 aromatic heterocycles. The molecule has 0 aliphatic carbocycles. The monoisotopic (exact) mass is 230 g/mol. The van der Waals surface area contributed by atoms with Crippen LogP contribution in [0.1, 0.15) is 25.3 Å². The summed E-state index contributed by atoms with van der Waals surface area (Å²) in [5.41, 5.74) is 0.606. The van der Waals surface area contributed by atoms with Crippen molar-refractivity contribution in [2.45, 2.75) is 25.8 Å². The fourth-order valence-corrected chi connectivity index (χ4v) is 2.22. The van der Waals surface area contributed by atoms with E-state index in [2.05, 4.69) is 28.2 Å². The molecule has 1 aliphatic heterocycles. The van der Waals surface area contributed by atoms with Crippen LogP contribution >= 0.6 is 0 Å². The summed E-state index contributed by atoms with van der Waals surface area (Å²) >= 11 is 0. The van der Waals surface area contributed by atoms with Gasteiger partial charge in [0.2, 0.25) is 0 Å². The SMILES string of the molecule is CCN1CCCC(Nc2ccc(C#N)cn2)C1. The van der Waals surface area contributed by atoms with E-state index < -0.39 is 0 Å². The molecule has 0 spiro atoms. The van der Waals surface area contributed by atoms with Gasteiger partial charge in [-0.1, -0.05) is 6.92 Å². The molecule has 17 heavy (non-hydrogen) atoms. The van der Waals surface area contributed by atoms with Gasteiger partial charge in [-0.25, -0.2) is 4.98 Å². The predicted molar refractivity (Wildman–Crippen MR) is 67.7 cm³/mol. The van der Waals surface area contributed by atoms with Crippen molar-refractivity contribution in [3.63, 3.8) is 0 Å². The summed E-state index contributed by atoms with van der Waals surface area (Å²) in [4.78, 5) is 6.69. The van der Waals surface area contributed by atoms with E-state index in [4.69, 9.17) is 5.26 Å². The Labute approximate surface area is 102 Å². The van der Waals surface area contributed by atoms with Crippen molar-refractivity contribution >= 4 is 5.82 Å². The highest BCUT2D eigenvalue weighted by molar-refractivity contribution is 5.39. The van der Waals surface area contributed by atoms with E-state index in [1.807, 2.05) is 6.07 Å². The second-order valence-electron chi connectivity index (χ2n) is 4.42. The van der Waals surface area contributed by atoms with Crippen LogP contribution in [0.5, 0.6) is 0 Å². The topological polar surface area (TPSA) is 52.0 Å². The molecule has 1 saturated heterocycles. The lowest BCUT2D eigenvalue weighted by Crippen LogP contribution is -2.41. The average Bonchev–Trinajstić information content (AvgIpc) is 2.40. The summed E-state index contributed by atoms with van der Waals surface area (Å²) in [7, 11) is 0. The number of nitrogens with one attached hydrogen (secondary N) is 1. The lowest BCUT2D eigenvalue weighted by atomic mass is 10.1. The van der Waals surface area contributed by atoms with Crippen molar-refractivity contribution in [1.82, 2.24) is 9.88 Å². The van der Waals surface area contributed by atoms with E-state index in [1.54, 1.807) is 12.3 Å². The van der Waals surface area contributed by atoms with E-state index in [0.29, 0.717) is 11.6 Å². The molecular weight excluding hydrogens is 212 g/mol. The second-order valence-corrected chi connectivity index (χ2v) is 4.42. The molecule has 0 bridgehead atoms. The lowest BCUT2D eigenvalue weighted by molar-refractivity contribution is 0.226. The van der Waals surface area contributed by atoms with Crippen LogP contribution in [0.25, 0.3) is 0 Å². The van der Waals surface area contributed by atoms with Gasteiger partial charge in [-0.3, -0.25) is 0 Å². The number of hydrogen-bond donors (Lipinski definition) is 1. The standard InChI is InChI=1S/C13H18N4/c1-2-17-7-3-4-12(10-17)16-13-6-5-11(8-14)9-15-13/h5-6,9,12H,2-4,7,10H2,1H3,(H,15,16). The van der Waals surface area contributed by atoms with E-state index >= 15 is 0 Å². The maximum Gasteiger partial charge on any atom is 0.126 e. The normalized spacial score (nSPS) is 20.8. The zero-order chi connectivity index (χ0) is 12.1. The highest BCUT2D eigenvalue weighted by Crippen LogP contribution is 2.14. The quantitative estimate of drug-likeness (QED) is 0.861. The molecular formula is C13H18N4. The molecule has 1 aromatic rings. The third-order valence-corrected chi connectivity index (χ3v) is 3.20. The molecule has 1 fully saturated rings. The van der Waals surface area contributed by atoms with E-state index in [0.717, 1.165) is 18.9 Å². The number of piperidine rings is 1. The van der Waals surface area contributed by atoms with Crippen LogP contribution in [0.4, 0.5) is 5.82 Å². The minimum absolute atomic E-state index is 0.476. The van der Waals surface area contributed by atoms with Crippen molar-refractivity contribution < 1.29 is 0 Å². The van der Waals surface area contributed by atoms with E-state index in [-0.39, 0.29) is 0 Å². The molecule has 1 unspecified atom stereocenters. The highest BCUT2D eigenvalue weighted by Gasteiger charge is 2.18. The summed E-state index contributed by atoms with van der Waals surface area (Å²) in [6.45, 7) is 5.59. The Bertz CT molecular complexity index is 393. The van der Waals surface area contributed by atoms with Gasteiger partial charge in [-0.2, -0.15) is 5.26 Å². The molecule has 1 N–H and O–H groups in total. The molecule has 0 aromatic carbocycles. The highest BCUT2D eigenvalue weighted by atomic mass is 15.2. The van der Waals surface area contributed by atoms with Crippen LogP contribution in [0.3, 0.4) is 0 Å². The molecule has 2 rings (SSSR count). The van der Waals surface area contributed by atoms with Gasteiger partial charge < -0.3 is 10.2 Å². The lowest BCUT2D eigenvalue weighted by Gasteiger charge is -2.32. The summed E-state index contributed by atoms with van der Waals surface area (Å²) in [5, 5.41) is 12.1. The first-order chi connectivity index (χ1) is 8.31. The molecule has 0 amide bonds. The van der Waals surface area contributed by atoms with Gasteiger partial charge in [0.15, 0.2) is 0 Å². The van der Waals surface area contributed by atoms with Gasteiger partial charge in [0, 0.05) is 18.8 Å². The van der Waals surface area contributed by atoms with E-state index in [9.17, 15) is 0 Å². The summed E-state index contributed by atoms with van der Waals surface area (Å²) in [6.07, 6.45) is 4.04. The number of anilines is 1. The van der Waals surface area contributed by atoms with Crippen molar-refractivity contribution in [3.05, 3.63) is 23.9 Å². The molecule has 0 saturated carbocycles. The molecule has 4 heteroatoms.